The Balaban J connectivity index is 2.31. The molecule has 5 heteroatoms. The van der Waals surface area contributed by atoms with Gasteiger partial charge in [0.25, 0.3) is 0 Å². The predicted octanol–water partition coefficient (Wildman–Crippen LogP) is 3.85. The maximum atomic E-state index is 13.2. The third kappa shape index (κ3) is 3.69. The van der Waals surface area contributed by atoms with E-state index in [1.165, 1.54) is 18.2 Å². The van der Waals surface area contributed by atoms with Crippen molar-refractivity contribution in [1.82, 2.24) is 0 Å². The zero-order valence-electron chi connectivity index (χ0n) is 9.86. The minimum absolute atomic E-state index is 0.249. The standard InChI is InChI=1S/C14H11ClFNO2/c15-10-2-1-3-12(8-10)17-13-5-4-11(16)6-9(13)7-14(18)19/h1-6,8,17H,7H2,(H,18,19). The summed E-state index contributed by atoms with van der Waals surface area (Å²) in [7, 11) is 0. The van der Waals surface area contributed by atoms with Crippen LogP contribution >= 0.6 is 11.6 Å². The van der Waals surface area contributed by atoms with Crippen LogP contribution in [0.15, 0.2) is 42.5 Å². The average Bonchev–Trinajstić information content (AvgIpc) is 2.32. The van der Waals surface area contributed by atoms with Crippen LogP contribution in [-0.4, -0.2) is 11.1 Å². The van der Waals surface area contributed by atoms with Crippen molar-refractivity contribution in [2.24, 2.45) is 0 Å². The number of carbonyl (C=O) groups is 1. The van der Waals surface area contributed by atoms with E-state index in [1.807, 2.05) is 0 Å². The number of benzene rings is 2. The van der Waals surface area contributed by atoms with Crippen LogP contribution < -0.4 is 5.32 Å². The number of halogens is 2. The van der Waals surface area contributed by atoms with Crippen LogP contribution in [0, 0.1) is 5.82 Å². The smallest absolute Gasteiger partial charge is 0.307 e. The van der Waals surface area contributed by atoms with E-state index in [-0.39, 0.29) is 6.42 Å². The highest BCUT2D eigenvalue weighted by atomic mass is 35.5. The summed E-state index contributed by atoms with van der Waals surface area (Å²) in [5.41, 5.74) is 1.64. The van der Waals surface area contributed by atoms with Gasteiger partial charge in [-0.15, -0.1) is 0 Å². The van der Waals surface area contributed by atoms with E-state index in [0.717, 1.165) is 0 Å². The minimum Gasteiger partial charge on any atom is -0.481 e. The zero-order chi connectivity index (χ0) is 13.8. The number of nitrogens with one attached hydrogen (secondary N) is 1. The maximum absolute atomic E-state index is 13.2. The lowest BCUT2D eigenvalue weighted by Crippen LogP contribution is -2.04. The summed E-state index contributed by atoms with van der Waals surface area (Å²) in [6.45, 7) is 0. The molecule has 0 aliphatic carbocycles. The van der Waals surface area contributed by atoms with Gasteiger partial charge in [0, 0.05) is 16.4 Å². The molecular weight excluding hydrogens is 269 g/mol. The van der Waals surface area contributed by atoms with Gasteiger partial charge in [-0.25, -0.2) is 4.39 Å². The Morgan fingerprint density at radius 2 is 2.05 bits per heavy atom. The third-order valence-electron chi connectivity index (χ3n) is 2.51. The van der Waals surface area contributed by atoms with Gasteiger partial charge < -0.3 is 10.4 Å². The summed E-state index contributed by atoms with van der Waals surface area (Å²) in [5.74, 6) is -1.48. The lowest BCUT2D eigenvalue weighted by Gasteiger charge is -2.11. The van der Waals surface area contributed by atoms with Crippen LogP contribution in [0.1, 0.15) is 5.56 Å². The van der Waals surface area contributed by atoms with Crippen molar-refractivity contribution in [2.75, 3.05) is 5.32 Å². The van der Waals surface area contributed by atoms with Gasteiger partial charge >= 0.3 is 5.97 Å². The molecule has 0 heterocycles. The summed E-state index contributed by atoms with van der Waals surface area (Å²) in [6, 6.07) is 11.0. The van der Waals surface area contributed by atoms with E-state index >= 15 is 0 Å². The molecule has 0 saturated heterocycles. The first kappa shape index (κ1) is 13.4. The first-order valence-corrected chi connectivity index (χ1v) is 5.95. The molecule has 0 atom stereocenters. The molecule has 2 N–H and O–H groups in total. The van der Waals surface area contributed by atoms with E-state index < -0.39 is 11.8 Å². The van der Waals surface area contributed by atoms with Gasteiger partial charge in [-0.05, 0) is 42.0 Å². The van der Waals surface area contributed by atoms with E-state index in [0.29, 0.717) is 22.0 Å². The van der Waals surface area contributed by atoms with Crippen molar-refractivity contribution in [1.29, 1.82) is 0 Å². The molecule has 0 amide bonds. The molecule has 0 aliphatic heterocycles. The second-order valence-corrected chi connectivity index (χ2v) is 4.44. The van der Waals surface area contributed by atoms with Crippen molar-refractivity contribution in [3.05, 3.63) is 58.9 Å². The maximum Gasteiger partial charge on any atom is 0.307 e. The van der Waals surface area contributed by atoms with Crippen LogP contribution in [0.4, 0.5) is 15.8 Å². The molecule has 0 saturated carbocycles. The summed E-state index contributed by atoms with van der Waals surface area (Å²) in [4.78, 5) is 10.8. The minimum atomic E-state index is -1.01. The van der Waals surface area contributed by atoms with Gasteiger partial charge in [0.1, 0.15) is 5.82 Å². The molecule has 0 spiro atoms. The molecule has 0 bridgehead atoms. The van der Waals surface area contributed by atoms with Gasteiger partial charge in [0.2, 0.25) is 0 Å². The van der Waals surface area contributed by atoms with Crippen LogP contribution in [-0.2, 0) is 11.2 Å². The SMILES string of the molecule is O=C(O)Cc1cc(F)ccc1Nc1cccc(Cl)c1. The number of carboxylic acids is 1. The van der Waals surface area contributed by atoms with Crippen molar-refractivity contribution in [3.63, 3.8) is 0 Å². The van der Waals surface area contributed by atoms with Gasteiger partial charge in [0.05, 0.1) is 6.42 Å². The van der Waals surface area contributed by atoms with Crippen molar-refractivity contribution < 1.29 is 14.3 Å². The van der Waals surface area contributed by atoms with Gasteiger partial charge in [-0.1, -0.05) is 17.7 Å². The second-order valence-electron chi connectivity index (χ2n) is 4.01. The molecule has 0 fully saturated rings. The molecule has 3 nitrogen and oxygen atoms in total. The van der Waals surface area contributed by atoms with E-state index in [2.05, 4.69) is 5.32 Å². The summed E-state index contributed by atoms with van der Waals surface area (Å²) >= 11 is 5.87. The van der Waals surface area contributed by atoms with Gasteiger partial charge in [-0.2, -0.15) is 0 Å². The topological polar surface area (TPSA) is 49.3 Å². The van der Waals surface area contributed by atoms with Crippen molar-refractivity contribution in [2.45, 2.75) is 6.42 Å². The first-order valence-electron chi connectivity index (χ1n) is 5.57. The fraction of sp³-hybridized carbons (Fsp3) is 0.0714. The Morgan fingerprint density at radius 1 is 1.26 bits per heavy atom. The van der Waals surface area contributed by atoms with Crippen LogP contribution in [0.2, 0.25) is 5.02 Å². The Hall–Kier alpha value is -2.07. The summed E-state index contributed by atoms with van der Waals surface area (Å²) in [6.07, 6.45) is -0.249. The predicted molar refractivity (Wildman–Crippen MR) is 72.5 cm³/mol. The van der Waals surface area contributed by atoms with Crippen LogP contribution in [0.3, 0.4) is 0 Å². The lowest BCUT2D eigenvalue weighted by molar-refractivity contribution is -0.136. The Morgan fingerprint density at radius 3 is 2.74 bits per heavy atom. The van der Waals surface area contributed by atoms with Crippen LogP contribution in [0.25, 0.3) is 0 Å². The second kappa shape index (κ2) is 5.71. The quantitative estimate of drug-likeness (QED) is 0.894. The Kier molecular flexibility index (Phi) is 4.02. The number of carboxylic acid groups (broad SMARTS) is 1. The first-order chi connectivity index (χ1) is 9.04. The van der Waals surface area contributed by atoms with Crippen molar-refractivity contribution >= 4 is 28.9 Å². The van der Waals surface area contributed by atoms with E-state index in [9.17, 15) is 9.18 Å². The lowest BCUT2D eigenvalue weighted by atomic mass is 10.1. The van der Waals surface area contributed by atoms with E-state index in [4.69, 9.17) is 16.7 Å². The molecule has 2 aromatic rings. The Bertz CT molecular complexity index is 616. The number of anilines is 2. The molecule has 0 radical (unpaired) electrons. The largest absolute Gasteiger partial charge is 0.481 e. The molecule has 0 unspecified atom stereocenters. The van der Waals surface area contributed by atoms with Crippen molar-refractivity contribution in [3.8, 4) is 0 Å². The molecule has 19 heavy (non-hydrogen) atoms. The molecular formula is C14H11ClFNO2. The average molecular weight is 280 g/mol. The number of aliphatic carboxylic acids is 1. The monoisotopic (exact) mass is 279 g/mol. The summed E-state index contributed by atoms with van der Waals surface area (Å²) in [5, 5.41) is 12.4. The summed E-state index contributed by atoms with van der Waals surface area (Å²) < 4.78 is 13.2. The molecule has 2 rings (SSSR count). The van der Waals surface area contributed by atoms with E-state index in [1.54, 1.807) is 24.3 Å². The number of hydrogen-bond acceptors (Lipinski definition) is 2. The number of hydrogen-bond donors (Lipinski definition) is 2. The highest BCUT2D eigenvalue weighted by Gasteiger charge is 2.08. The fourth-order valence-corrected chi connectivity index (χ4v) is 1.91. The highest BCUT2D eigenvalue weighted by Crippen LogP contribution is 2.24. The van der Waals surface area contributed by atoms with Gasteiger partial charge in [0.15, 0.2) is 0 Å². The normalized spacial score (nSPS) is 10.2. The van der Waals surface area contributed by atoms with Gasteiger partial charge in [-0.3, -0.25) is 4.79 Å². The number of rotatable bonds is 4. The zero-order valence-corrected chi connectivity index (χ0v) is 10.6. The molecule has 0 aliphatic rings. The molecule has 0 aromatic heterocycles. The molecule has 98 valence electrons. The van der Waals surface area contributed by atoms with Crippen LogP contribution in [0.5, 0.6) is 0 Å². The highest BCUT2D eigenvalue weighted by molar-refractivity contribution is 6.30. The third-order valence-corrected chi connectivity index (χ3v) is 2.75. The molecule has 2 aromatic carbocycles. The fourth-order valence-electron chi connectivity index (χ4n) is 1.72. The Labute approximate surface area is 114 Å².